The second-order valence-corrected chi connectivity index (χ2v) is 6.08. The number of hydrogen-bond acceptors (Lipinski definition) is 4. The van der Waals surface area contributed by atoms with Gasteiger partial charge in [-0.05, 0) is 38.5 Å². The first-order chi connectivity index (χ1) is 10.3. The van der Waals surface area contributed by atoms with Gasteiger partial charge in [0.25, 0.3) is 0 Å². The molecule has 0 aliphatic heterocycles. The van der Waals surface area contributed by atoms with Crippen LogP contribution in [0.3, 0.4) is 0 Å². The zero-order valence-corrected chi connectivity index (χ0v) is 13.5. The molecule has 1 N–H and O–H groups in total. The van der Waals surface area contributed by atoms with E-state index in [2.05, 4.69) is 15.3 Å². The van der Waals surface area contributed by atoms with E-state index in [-0.39, 0.29) is 0 Å². The van der Waals surface area contributed by atoms with Gasteiger partial charge in [0, 0.05) is 11.9 Å². The number of nitrogens with zero attached hydrogens (tertiary/aromatic N) is 2. The van der Waals surface area contributed by atoms with Gasteiger partial charge >= 0.3 is 6.09 Å². The molecule has 6 heteroatoms. The maximum Gasteiger partial charge on any atom is 0.407 e. The van der Waals surface area contributed by atoms with Gasteiger partial charge in [0.15, 0.2) is 0 Å². The molecule has 0 aliphatic rings. The minimum Gasteiger partial charge on any atom is -0.444 e. The molecule has 0 radical (unpaired) electrons. The van der Waals surface area contributed by atoms with Crippen LogP contribution in [0.1, 0.15) is 26.3 Å². The van der Waals surface area contributed by atoms with E-state index in [4.69, 9.17) is 16.3 Å². The number of alkyl carbamates (subject to hydrolysis) is 1. The van der Waals surface area contributed by atoms with Gasteiger partial charge in [-0.1, -0.05) is 29.8 Å². The summed E-state index contributed by atoms with van der Waals surface area (Å²) in [6, 6.07) is 5.70. The van der Waals surface area contributed by atoms with Crippen LogP contribution in [-0.4, -0.2) is 28.2 Å². The first-order valence-electron chi connectivity index (χ1n) is 6.89. The van der Waals surface area contributed by atoms with Crippen molar-refractivity contribution in [3.05, 3.63) is 41.3 Å². The summed E-state index contributed by atoms with van der Waals surface area (Å²) < 4.78 is 5.15. The Morgan fingerprint density at radius 3 is 2.86 bits per heavy atom. The van der Waals surface area contributed by atoms with Crippen LogP contribution in [0.5, 0.6) is 0 Å². The first kappa shape index (κ1) is 16.2. The normalized spacial score (nSPS) is 11.8. The van der Waals surface area contributed by atoms with Crippen molar-refractivity contribution in [3.8, 4) is 0 Å². The minimum absolute atomic E-state index is 0.386. The molecule has 0 bridgehead atoms. The Labute approximate surface area is 134 Å². The number of aromatic nitrogens is 2. The highest BCUT2D eigenvalue weighted by molar-refractivity contribution is 6.34. The van der Waals surface area contributed by atoms with Gasteiger partial charge < -0.3 is 10.1 Å². The van der Waals surface area contributed by atoms with E-state index >= 15 is 0 Å². The topological polar surface area (TPSA) is 64.1 Å². The van der Waals surface area contributed by atoms with E-state index in [9.17, 15) is 4.79 Å². The summed E-state index contributed by atoms with van der Waals surface area (Å²) in [4.78, 5) is 19.6. The summed E-state index contributed by atoms with van der Waals surface area (Å²) in [5, 5.41) is 3.91. The van der Waals surface area contributed by atoms with Crippen LogP contribution in [-0.2, 0) is 4.74 Å². The zero-order chi connectivity index (χ0) is 16.2. The summed E-state index contributed by atoms with van der Waals surface area (Å²) in [6.45, 7) is 5.86. The van der Waals surface area contributed by atoms with Gasteiger partial charge in [-0.15, -0.1) is 0 Å². The monoisotopic (exact) mass is 319 g/mol. The third-order valence-electron chi connectivity index (χ3n) is 2.69. The Kier molecular flexibility index (Phi) is 4.98. The predicted molar refractivity (Wildman–Crippen MR) is 87.8 cm³/mol. The molecule has 0 saturated carbocycles. The highest BCUT2D eigenvalue weighted by Gasteiger charge is 2.14. The summed E-state index contributed by atoms with van der Waals surface area (Å²) >= 11 is 5.99. The molecule has 0 fully saturated rings. The molecule has 0 atom stereocenters. The number of ether oxygens (including phenoxy) is 1. The fourth-order valence-corrected chi connectivity index (χ4v) is 2.00. The number of nitrogens with one attached hydrogen (secondary N) is 1. The van der Waals surface area contributed by atoms with Crippen LogP contribution < -0.4 is 5.32 Å². The second kappa shape index (κ2) is 6.75. The fourth-order valence-electron chi connectivity index (χ4n) is 1.80. The molecule has 0 aliphatic carbocycles. The largest absolute Gasteiger partial charge is 0.444 e. The van der Waals surface area contributed by atoms with Crippen molar-refractivity contribution in [1.82, 2.24) is 15.3 Å². The van der Waals surface area contributed by atoms with Crippen LogP contribution in [0.2, 0.25) is 5.15 Å². The van der Waals surface area contributed by atoms with Crippen molar-refractivity contribution in [2.45, 2.75) is 26.4 Å². The highest BCUT2D eigenvalue weighted by atomic mass is 35.5. The average molecular weight is 320 g/mol. The van der Waals surface area contributed by atoms with E-state index in [1.165, 1.54) is 6.33 Å². The van der Waals surface area contributed by atoms with Crippen molar-refractivity contribution >= 4 is 34.7 Å². The standard InChI is InChI=1S/C16H18ClN3O2/c1-16(2,3)22-15(21)18-8-4-5-11-6-7-12-13(9-11)19-10-20-14(12)17/h4-7,9-10H,8H2,1-3H3,(H,18,21). The lowest BCUT2D eigenvalue weighted by Crippen LogP contribution is -2.32. The van der Waals surface area contributed by atoms with Gasteiger partial charge in [0.2, 0.25) is 0 Å². The number of hydrogen-bond donors (Lipinski definition) is 1. The van der Waals surface area contributed by atoms with Crippen molar-refractivity contribution in [2.75, 3.05) is 6.54 Å². The van der Waals surface area contributed by atoms with Crippen LogP contribution in [0.15, 0.2) is 30.6 Å². The number of carbonyl (C=O) groups excluding carboxylic acids is 1. The van der Waals surface area contributed by atoms with E-state index < -0.39 is 11.7 Å². The van der Waals surface area contributed by atoms with Gasteiger partial charge in [-0.3, -0.25) is 0 Å². The lowest BCUT2D eigenvalue weighted by atomic mass is 10.1. The number of amides is 1. The number of carbonyl (C=O) groups is 1. The van der Waals surface area contributed by atoms with Crippen LogP contribution in [0.25, 0.3) is 17.0 Å². The Morgan fingerprint density at radius 1 is 1.36 bits per heavy atom. The average Bonchev–Trinajstić information content (AvgIpc) is 2.42. The molecule has 0 unspecified atom stereocenters. The van der Waals surface area contributed by atoms with Crippen molar-refractivity contribution in [1.29, 1.82) is 0 Å². The molecule has 1 aromatic heterocycles. The molecule has 0 spiro atoms. The number of fused-ring (bicyclic) bond motifs is 1. The summed E-state index contributed by atoms with van der Waals surface area (Å²) in [5.74, 6) is 0. The van der Waals surface area contributed by atoms with Crippen molar-refractivity contribution < 1.29 is 9.53 Å². The Morgan fingerprint density at radius 2 is 2.14 bits per heavy atom. The zero-order valence-electron chi connectivity index (χ0n) is 12.8. The third-order valence-corrected chi connectivity index (χ3v) is 2.99. The number of rotatable bonds is 3. The molecule has 5 nitrogen and oxygen atoms in total. The first-order valence-corrected chi connectivity index (χ1v) is 7.26. The molecule has 1 heterocycles. The highest BCUT2D eigenvalue weighted by Crippen LogP contribution is 2.20. The van der Waals surface area contributed by atoms with Crippen LogP contribution >= 0.6 is 11.6 Å². The van der Waals surface area contributed by atoms with E-state index in [1.807, 2.05) is 51.1 Å². The van der Waals surface area contributed by atoms with Gasteiger partial charge in [0.05, 0.1) is 5.52 Å². The van der Waals surface area contributed by atoms with E-state index in [1.54, 1.807) is 0 Å². The molecule has 2 rings (SSSR count). The van der Waals surface area contributed by atoms with Crippen LogP contribution in [0.4, 0.5) is 4.79 Å². The predicted octanol–water partition coefficient (Wildman–Crippen LogP) is 3.82. The molecule has 1 amide bonds. The lowest BCUT2D eigenvalue weighted by Gasteiger charge is -2.19. The van der Waals surface area contributed by atoms with E-state index in [0.717, 1.165) is 16.5 Å². The maximum atomic E-state index is 11.5. The SMILES string of the molecule is CC(C)(C)OC(=O)NCC=Cc1ccc2c(Cl)ncnc2c1. The van der Waals surface area contributed by atoms with Crippen molar-refractivity contribution in [3.63, 3.8) is 0 Å². The smallest absolute Gasteiger partial charge is 0.407 e. The van der Waals surface area contributed by atoms with Gasteiger partial charge in [0.1, 0.15) is 17.1 Å². The molecule has 22 heavy (non-hydrogen) atoms. The Hall–Kier alpha value is -2.14. The minimum atomic E-state index is -0.495. The summed E-state index contributed by atoms with van der Waals surface area (Å²) in [5.41, 5.74) is 1.25. The molecule has 2 aromatic rings. The second-order valence-electron chi connectivity index (χ2n) is 5.73. The van der Waals surface area contributed by atoms with Crippen LogP contribution in [0, 0.1) is 0 Å². The Bertz CT molecular complexity index is 708. The maximum absolute atomic E-state index is 11.5. The lowest BCUT2D eigenvalue weighted by molar-refractivity contribution is 0.0534. The molecular weight excluding hydrogens is 302 g/mol. The molecule has 1 aromatic carbocycles. The number of halogens is 1. The molecular formula is C16H18ClN3O2. The van der Waals surface area contributed by atoms with Gasteiger partial charge in [-0.25, -0.2) is 14.8 Å². The molecule has 116 valence electrons. The van der Waals surface area contributed by atoms with E-state index in [0.29, 0.717) is 11.7 Å². The fraction of sp³-hybridized carbons (Fsp3) is 0.312. The van der Waals surface area contributed by atoms with Crippen molar-refractivity contribution in [2.24, 2.45) is 0 Å². The number of benzene rings is 1. The Balaban J connectivity index is 1.95. The van der Waals surface area contributed by atoms with Gasteiger partial charge in [-0.2, -0.15) is 0 Å². The quantitative estimate of drug-likeness (QED) is 0.873. The summed E-state index contributed by atoms with van der Waals surface area (Å²) in [6.07, 6.45) is 4.73. The summed E-state index contributed by atoms with van der Waals surface area (Å²) in [7, 11) is 0. The molecule has 0 saturated heterocycles. The third kappa shape index (κ3) is 4.70.